The monoisotopic (exact) mass is 252 g/mol. The van der Waals surface area contributed by atoms with Crippen molar-refractivity contribution in [3.05, 3.63) is 12.7 Å². The lowest BCUT2D eigenvalue weighted by atomic mass is 9.95. The summed E-state index contributed by atoms with van der Waals surface area (Å²) < 4.78 is 6.67. The van der Waals surface area contributed by atoms with Gasteiger partial charge in [0.15, 0.2) is 0 Å². The molecule has 1 N–H and O–H groups in total. The molecule has 6 nitrogen and oxygen atoms in total. The average Bonchev–Trinajstić information content (AvgIpc) is 3.01. The van der Waals surface area contributed by atoms with Crippen LogP contribution in [0.3, 0.4) is 0 Å². The van der Waals surface area contributed by atoms with Crippen LogP contribution in [0.1, 0.15) is 32.6 Å². The second-order valence-electron chi connectivity index (χ2n) is 5.00. The van der Waals surface area contributed by atoms with Crippen molar-refractivity contribution in [1.29, 1.82) is 0 Å². The molecular formula is C12H20N4O2. The van der Waals surface area contributed by atoms with E-state index in [1.807, 2.05) is 6.92 Å². The van der Waals surface area contributed by atoms with Crippen LogP contribution < -0.4 is 5.32 Å². The molecule has 1 aliphatic rings. The van der Waals surface area contributed by atoms with Gasteiger partial charge < -0.3 is 4.74 Å². The Morgan fingerprint density at radius 1 is 1.61 bits per heavy atom. The minimum absolute atomic E-state index is 0.187. The normalized spacial score (nSPS) is 18.3. The Balaban J connectivity index is 1.85. The number of carbonyl (C=O) groups excluding carboxylic acids is 1. The zero-order chi connectivity index (χ0) is 13.0. The van der Waals surface area contributed by atoms with E-state index in [1.54, 1.807) is 11.0 Å². The summed E-state index contributed by atoms with van der Waals surface area (Å²) in [5, 5.41) is 7.42. The first-order valence-electron chi connectivity index (χ1n) is 6.32. The second-order valence-corrected chi connectivity index (χ2v) is 5.00. The third-order valence-corrected chi connectivity index (χ3v) is 3.27. The van der Waals surface area contributed by atoms with Crippen molar-refractivity contribution in [2.24, 2.45) is 0 Å². The summed E-state index contributed by atoms with van der Waals surface area (Å²) in [5.41, 5.74) is -0.587. The molecule has 1 heterocycles. The number of hydrogen-bond donors (Lipinski definition) is 1. The molecule has 0 radical (unpaired) electrons. The second kappa shape index (κ2) is 5.48. The van der Waals surface area contributed by atoms with Crippen molar-refractivity contribution in [1.82, 2.24) is 20.1 Å². The largest absolute Gasteiger partial charge is 0.468 e. The van der Waals surface area contributed by atoms with E-state index in [0.717, 1.165) is 32.2 Å². The van der Waals surface area contributed by atoms with E-state index in [-0.39, 0.29) is 5.97 Å². The molecule has 0 amide bonds. The summed E-state index contributed by atoms with van der Waals surface area (Å²) in [6, 6.07) is 0.473. The van der Waals surface area contributed by atoms with Gasteiger partial charge in [0.2, 0.25) is 0 Å². The predicted molar refractivity (Wildman–Crippen MR) is 65.8 cm³/mol. The summed E-state index contributed by atoms with van der Waals surface area (Å²) >= 11 is 0. The van der Waals surface area contributed by atoms with Crippen LogP contribution >= 0.6 is 0 Å². The van der Waals surface area contributed by atoms with Crippen molar-refractivity contribution >= 4 is 5.97 Å². The number of nitrogens with one attached hydrogen (secondary N) is 1. The van der Waals surface area contributed by atoms with E-state index < -0.39 is 5.54 Å². The van der Waals surface area contributed by atoms with Gasteiger partial charge in [0, 0.05) is 12.6 Å². The van der Waals surface area contributed by atoms with Crippen LogP contribution in [0, 0.1) is 0 Å². The zero-order valence-electron chi connectivity index (χ0n) is 10.9. The fourth-order valence-corrected chi connectivity index (χ4v) is 2.08. The maximum Gasteiger partial charge on any atom is 0.325 e. The quantitative estimate of drug-likeness (QED) is 0.725. The van der Waals surface area contributed by atoms with Crippen LogP contribution in [0.15, 0.2) is 12.7 Å². The van der Waals surface area contributed by atoms with Crippen LogP contribution in [0.25, 0.3) is 0 Å². The SMILES string of the molecule is COC(=O)C(C)(CCCn1cncn1)NC1CC1. The van der Waals surface area contributed by atoms with Crippen molar-refractivity contribution in [3.63, 3.8) is 0 Å². The Morgan fingerprint density at radius 2 is 2.39 bits per heavy atom. The Hall–Kier alpha value is -1.43. The summed E-state index contributed by atoms with van der Waals surface area (Å²) in [7, 11) is 1.44. The molecule has 100 valence electrons. The summed E-state index contributed by atoms with van der Waals surface area (Å²) in [6.07, 6.45) is 7.09. The van der Waals surface area contributed by atoms with Gasteiger partial charge in [-0.15, -0.1) is 0 Å². The van der Waals surface area contributed by atoms with Gasteiger partial charge in [0.1, 0.15) is 18.2 Å². The highest BCUT2D eigenvalue weighted by Crippen LogP contribution is 2.25. The number of aryl methyl sites for hydroxylation is 1. The van der Waals surface area contributed by atoms with Gasteiger partial charge in [-0.3, -0.25) is 14.8 Å². The van der Waals surface area contributed by atoms with E-state index in [2.05, 4.69) is 15.4 Å². The van der Waals surface area contributed by atoms with Gasteiger partial charge >= 0.3 is 5.97 Å². The lowest BCUT2D eigenvalue weighted by Crippen LogP contribution is -2.51. The van der Waals surface area contributed by atoms with Gasteiger partial charge in [-0.2, -0.15) is 5.10 Å². The topological polar surface area (TPSA) is 69.0 Å². The van der Waals surface area contributed by atoms with Gasteiger partial charge in [0.25, 0.3) is 0 Å². The molecular weight excluding hydrogens is 232 g/mol. The molecule has 1 aromatic rings. The van der Waals surface area contributed by atoms with Crippen LogP contribution in [0.4, 0.5) is 0 Å². The predicted octanol–water partition coefficient (Wildman–Crippen LogP) is 0.742. The average molecular weight is 252 g/mol. The smallest absolute Gasteiger partial charge is 0.325 e. The number of esters is 1. The number of ether oxygens (including phenoxy) is 1. The third kappa shape index (κ3) is 3.29. The lowest BCUT2D eigenvalue weighted by molar-refractivity contribution is -0.148. The Labute approximate surface area is 107 Å². The van der Waals surface area contributed by atoms with Crippen molar-refractivity contribution in [2.45, 2.75) is 50.7 Å². The first-order valence-corrected chi connectivity index (χ1v) is 6.32. The molecule has 1 fully saturated rings. The number of aromatic nitrogens is 3. The molecule has 0 spiro atoms. The molecule has 18 heavy (non-hydrogen) atoms. The van der Waals surface area contributed by atoms with E-state index in [9.17, 15) is 4.79 Å². The van der Waals surface area contributed by atoms with Crippen molar-refractivity contribution in [3.8, 4) is 0 Å². The number of nitrogens with zero attached hydrogens (tertiary/aromatic N) is 3. The molecule has 0 bridgehead atoms. The summed E-state index contributed by atoms with van der Waals surface area (Å²) in [5.74, 6) is -0.187. The van der Waals surface area contributed by atoms with E-state index in [4.69, 9.17) is 4.74 Å². The van der Waals surface area contributed by atoms with E-state index in [1.165, 1.54) is 13.4 Å². The van der Waals surface area contributed by atoms with Gasteiger partial charge in [-0.05, 0) is 32.6 Å². The molecule has 1 saturated carbocycles. The highest BCUT2D eigenvalue weighted by Gasteiger charge is 2.38. The summed E-state index contributed by atoms with van der Waals surface area (Å²) in [6.45, 7) is 2.68. The number of carbonyl (C=O) groups is 1. The molecule has 1 aliphatic carbocycles. The molecule has 1 atom stereocenters. The van der Waals surface area contributed by atoms with Gasteiger partial charge in [-0.1, -0.05) is 0 Å². The number of methoxy groups -OCH3 is 1. The number of rotatable bonds is 7. The number of hydrogen-bond acceptors (Lipinski definition) is 5. The molecule has 1 aromatic heterocycles. The lowest BCUT2D eigenvalue weighted by Gasteiger charge is -2.28. The first-order chi connectivity index (χ1) is 8.64. The van der Waals surface area contributed by atoms with Gasteiger partial charge in [-0.25, -0.2) is 4.98 Å². The maximum absolute atomic E-state index is 11.9. The van der Waals surface area contributed by atoms with Gasteiger partial charge in [0.05, 0.1) is 7.11 Å². The van der Waals surface area contributed by atoms with Crippen LogP contribution in [-0.4, -0.2) is 39.4 Å². The van der Waals surface area contributed by atoms with Crippen LogP contribution in [0.2, 0.25) is 0 Å². The molecule has 0 saturated heterocycles. The molecule has 1 unspecified atom stereocenters. The summed E-state index contributed by atoms with van der Waals surface area (Å²) in [4.78, 5) is 15.8. The highest BCUT2D eigenvalue weighted by atomic mass is 16.5. The molecule has 2 rings (SSSR count). The fourth-order valence-electron chi connectivity index (χ4n) is 2.08. The van der Waals surface area contributed by atoms with E-state index in [0.29, 0.717) is 6.04 Å². The Bertz CT molecular complexity index is 389. The molecule has 0 aromatic carbocycles. The minimum Gasteiger partial charge on any atom is -0.468 e. The fraction of sp³-hybridized carbons (Fsp3) is 0.750. The van der Waals surface area contributed by atoms with Crippen molar-refractivity contribution in [2.75, 3.05) is 7.11 Å². The standard InChI is InChI=1S/C12H20N4O2/c1-12(11(17)18-2,15-10-4-5-10)6-3-7-16-9-13-8-14-16/h8-10,15H,3-7H2,1-2H3. The van der Waals surface area contributed by atoms with Crippen LogP contribution in [0.5, 0.6) is 0 Å². The Kier molecular flexibility index (Phi) is 3.96. The third-order valence-electron chi connectivity index (χ3n) is 3.27. The maximum atomic E-state index is 11.9. The first kappa shape index (κ1) is 13.0. The van der Waals surface area contributed by atoms with Crippen LogP contribution in [-0.2, 0) is 16.1 Å². The molecule has 0 aliphatic heterocycles. The van der Waals surface area contributed by atoms with Crippen molar-refractivity contribution < 1.29 is 9.53 Å². The molecule has 6 heteroatoms. The highest BCUT2D eigenvalue weighted by molar-refractivity contribution is 5.80. The minimum atomic E-state index is -0.587. The zero-order valence-corrected chi connectivity index (χ0v) is 10.9. The van der Waals surface area contributed by atoms with E-state index >= 15 is 0 Å². The Morgan fingerprint density at radius 3 is 2.94 bits per heavy atom.